The average molecular weight is 285 g/mol. The molecule has 2 N–H and O–H groups in total. The Labute approximate surface area is 120 Å². The Morgan fingerprint density at radius 1 is 1.42 bits per heavy atom. The number of rotatable bonds is 4. The molecule has 2 rings (SSSR count). The van der Waals surface area contributed by atoms with Crippen LogP contribution in [0.4, 0.5) is 0 Å². The third-order valence-electron chi connectivity index (χ3n) is 3.30. The number of halogens is 1. The molecule has 0 aliphatic carbocycles. The van der Waals surface area contributed by atoms with Gasteiger partial charge in [-0.3, -0.25) is 4.79 Å². The zero-order valence-electron chi connectivity index (χ0n) is 11.1. The summed E-state index contributed by atoms with van der Waals surface area (Å²) >= 11 is 0. The molecule has 4 nitrogen and oxygen atoms in total. The quantitative estimate of drug-likeness (QED) is 0.887. The molecule has 1 atom stereocenters. The smallest absolute Gasteiger partial charge is 0.251 e. The summed E-state index contributed by atoms with van der Waals surface area (Å²) < 4.78 is 5.06. The fourth-order valence-corrected chi connectivity index (χ4v) is 2.18. The summed E-state index contributed by atoms with van der Waals surface area (Å²) in [7, 11) is 1.62. The highest BCUT2D eigenvalue weighted by Crippen LogP contribution is 2.12. The Morgan fingerprint density at radius 3 is 2.74 bits per heavy atom. The molecule has 1 amide bonds. The molecule has 1 saturated heterocycles. The fourth-order valence-electron chi connectivity index (χ4n) is 2.18. The van der Waals surface area contributed by atoms with Gasteiger partial charge in [0.1, 0.15) is 5.75 Å². The van der Waals surface area contributed by atoms with Crippen molar-refractivity contribution in [2.45, 2.75) is 12.8 Å². The first-order valence-corrected chi connectivity index (χ1v) is 6.42. The van der Waals surface area contributed by atoms with E-state index in [1.54, 1.807) is 31.4 Å². The molecule has 1 aliphatic rings. The molecule has 1 unspecified atom stereocenters. The van der Waals surface area contributed by atoms with Crippen LogP contribution in [0.5, 0.6) is 5.75 Å². The van der Waals surface area contributed by atoms with E-state index >= 15 is 0 Å². The van der Waals surface area contributed by atoms with Gasteiger partial charge in [0.05, 0.1) is 7.11 Å². The standard InChI is InChI=1S/C14H20N2O2.ClH/c1-18-13-6-4-12(5-7-13)14(17)16-10-11-3-2-8-15-9-11;/h4-7,11,15H,2-3,8-10H2,1H3,(H,16,17);1H. The third-order valence-corrected chi connectivity index (χ3v) is 3.30. The lowest BCUT2D eigenvalue weighted by Gasteiger charge is -2.22. The van der Waals surface area contributed by atoms with Crippen molar-refractivity contribution < 1.29 is 9.53 Å². The molecule has 1 aromatic carbocycles. The minimum atomic E-state index is -0.0109. The van der Waals surface area contributed by atoms with Crippen LogP contribution in [0.15, 0.2) is 24.3 Å². The number of piperidine rings is 1. The zero-order chi connectivity index (χ0) is 12.8. The number of carbonyl (C=O) groups is 1. The summed E-state index contributed by atoms with van der Waals surface area (Å²) in [5.41, 5.74) is 0.680. The highest BCUT2D eigenvalue weighted by molar-refractivity contribution is 5.94. The second-order valence-electron chi connectivity index (χ2n) is 4.65. The Morgan fingerprint density at radius 2 is 2.16 bits per heavy atom. The summed E-state index contributed by atoms with van der Waals surface area (Å²) in [6, 6.07) is 7.18. The van der Waals surface area contributed by atoms with Crippen LogP contribution in [0, 0.1) is 5.92 Å². The number of benzene rings is 1. The second kappa shape index (κ2) is 8.02. The number of ether oxygens (including phenoxy) is 1. The molecule has 19 heavy (non-hydrogen) atoms. The molecule has 106 valence electrons. The molecular weight excluding hydrogens is 264 g/mol. The number of methoxy groups -OCH3 is 1. The van der Waals surface area contributed by atoms with Gasteiger partial charge in [-0.05, 0) is 56.1 Å². The van der Waals surface area contributed by atoms with E-state index in [-0.39, 0.29) is 18.3 Å². The van der Waals surface area contributed by atoms with E-state index in [1.165, 1.54) is 12.8 Å². The van der Waals surface area contributed by atoms with E-state index in [0.29, 0.717) is 11.5 Å². The summed E-state index contributed by atoms with van der Waals surface area (Å²) in [5.74, 6) is 1.31. The largest absolute Gasteiger partial charge is 0.497 e. The molecule has 1 aliphatic heterocycles. The molecule has 0 bridgehead atoms. The van der Waals surface area contributed by atoms with Gasteiger partial charge in [0.25, 0.3) is 5.91 Å². The molecule has 0 spiro atoms. The first-order valence-electron chi connectivity index (χ1n) is 6.42. The van der Waals surface area contributed by atoms with Crippen molar-refractivity contribution in [3.05, 3.63) is 29.8 Å². The maximum atomic E-state index is 11.9. The van der Waals surface area contributed by atoms with E-state index in [2.05, 4.69) is 10.6 Å². The van der Waals surface area contributed by atoms with Gasteiger partial charge >= 0.3 is 0 Å². The second-order valence-corrected chi connectivity index (χ2v) is 4.65. The molecule has 5 heteroatoms. The van der Waals surface area contributed by atoms with Crippen LogP contribution >= 0.6 is 12.4 Å². The zero-order valence-corrected chi connectivity index (χ0v) is 12.0. The van der Waals surface area contributed by atoms with E-state index < -0.39 is 0 Å². The van der Waals surface area contributed by atoms with Crippen molar-refractivity contribution in [1.82, 2.24) is 10.6 Å². The van der Waals surface area contributed by atoms with Crippen molar-refractivity contribution in [2.24, 2.45) is 5.92 Å². The SMILES string of the molecule is COc1ccc(C(=O)NCC2CCCNC2)cc1.Cl. The van der Waals surface area contributed by atoms with Crippen LogP contribution in [0.25, 0.3) is 0 Å². The molecular formula is C14H21ClN2O2. The van der Waals surface area contributed by atoms with E-state index in [1.807, 2.05) is 0 Å². The number of hydrogen-bond donors (Lipinski definition) is 2. The lowest BCUT2D eigenvalue weighted by Crippen LogP contribution is -2.38. The number of amides is 1. The van der Waals surface area contributed by atoms with Crippen LogP contribution in [0.1, 0.15) is 23.2 Å². The van der Waals surface area contributed by atoms with E-state index in [4.69, 9.17) is 4.74 Å². The molecule has 1 aromatic rings. The van der Waals surface area contributed by atoms with Crippen LogP contribution in [0.2, 0.25) is 0 Å². The van der Waals surface area contributed by atoms with Gasteiger partial charge in [0.15, 0.2) is 0 Å². The first kappa shape index (κ1) is 15.8. The monoisotopic (exact) mass is 284 g/mol. The van der Waals surface area contributed by atoms with Crippen LogP contribution < -0.4 is 15.4 Å². The van der Waals surface area contributed by atoms with Crippen LogP contribution in [-0.2, 0) is 0 Å². The minimum absolute atomic E-state index is 0. The Hall–Kier alpha value is -1.26. The minimum Gasteiger partial charge on any atom is -0.497 e. The van der Waals surface area contributed by atoms with Gasteiger partial charge in [-0.1, -0.05) is 0 Å². The first-order chi connectivity index (χ1) is 8.79. The maximum absolute atomic E-state index is 11.9. The lowest BCUT2D eigenvalue weighted by molar-refractivity contribution is 0.0945. The summed E-state index contributed by atoms with van der Waals surface area (Å²) in [5, 5.41) is 6.33. The third kappa shape index (κ3) is 4.73. The van der Waals surface area contributed by atoms with Gasteiger partial charge < -0.3 is 15.4 Å². The van der Waals surface area contributed by atoms with Gasteiger partial charge in [-0.25, -0.2) is 0 Å². The van der Waals surface area contributed by atoms with Crippen molar-refractivity contribution in [3.63, 3.8) is 0 Å². The molecule has 0 saturated carbocycles. The predicted molar refractivity (Wildman–Crippen MR) is 78.2 cm³/mol. The number of nitrogens with one attached hydrogen (secondary N) is 2. The van der Waals surface area contributed by atoms with E-state index in [0.717, 1.165) is 25.4 Å². The van der Waals surface area contributed by atoms with Gasteiger partial charge in [-0.15, -0.1) is 12.4 Å². The molecule has 0 aromatic heterocycles. The Kier molecular flexibility index (Phi) is 6.67. The fraction of sp³-hybridized carbons (Fsp3) is 0.500. The van der Waals surface area contributed by atoms with Crippen molar-refractivity contribution in [3.8, 4) is 5.75 Å². The van der Waals surface area contributed by atoms with E-state index in [9.17, 15) is 4.79 Å². The highest BCUT2D eigenvalue weighted by Gasteiger charge is 2.14. The number of carbonyl (C=O) groups excluding carboxylic acids is 1. The summed E-state index contributed by atoms with van der Waals surface area (Å²) in [6.45, 7) is 2.85. The van der Waals surface area contributed by atoms with Gasteiger partial charge in [0.2, 0.25) is 0 Å². The Balaban J connectivity index is 0.00000180. The van der Waals surface area contributed by atoms with Crippen LogP contribution in [-0.4, -0.2) is 32.7 Å². The van der Waals surface area contributed by atoms with Crippen molar-refractivity contribution >= 4 is 18.3 Å². The van der Waals surface area contributed by atoms with Gasteiger partial charge in [0, 0.05) is 12.1 Å². The predicted octanol–water partition coefficient (Wildman–Crippen LogP) is 1.85. The van der Waals surface area contributed by atoms with Crippen molar-refractivity contribution in [1.29, 1.82) is 0 Å². The summed E-state index contributed by atoms with van der Waals surface area (Å²) in [4.78, 5) is 11.9. The lowest BCUT2D eigenvalue weighted by atomic mass is 10.00. The van der Waals surface area contributed by atoms with Gasteiger partial charge in [-0.2, -0.15) is 0 Å². The normalized spacial score (nSPS) is 18.3. The average Bonchev–Trinajstić information content (AvgIpc) is 2.46. The summed E-state index contributed by atoms with van der Waals surface area (Å²) in [6.07, 6.45) is 2.39. The number of hydrogen-bond acceptors (Lipinski definition) is 3. The molecule has 1 fully saturated rings. The highest BCUT2D eigenvalue weighted by atomic mass is 35.5. The van der Waals surface area contributed by atoms with Crippen molar-refractivity contribution in [2.75, 3.05) is 26.7 Å². The topological polar surface area (TPSA) is 50.4 Å². The Bertz CT molecular complexity index is 389. The van der Waals surface area contributed by atoms with Crippen LogP contribution in [0.3, 0.4) is 0 Å². The molecule has 0 radical (unpaired) electrons. The maximum Gasteiger partial charge on any atom is 0.251 e. The molecule has 1 heterocycles.